The van der Waals surface area contributed by atoms with Gasteiger partial charge in [-0.3, -0.25) is 4.79 Å². The fourth-order valence-corrected chi connectivity index (χ4v) is 1.42. The molecule has 1 heterocycles. The number of benzene rings is 1. The van der Waals surface area contributed by atoms with E-state index in [1.165, 1.54) is 31.4 Å². The number of H-pyrrole nitrogens is 1. The van der Waals surface area contributed by atoms with E-state index in [0.29, 0.717) is 5.56 Å². The molecule has 1 aromatic heterocycles. The lowest BCUT2D eigenvalue weighted by Crippen LogP contribution is -2.09. The molecule has 0 aliphatic heterocycles. The van der Waals surface area contributed by atoms with Crippen molar-refractivity contribution in [2.75, 3.05) is 12.8 Å². The van der Waals surface area contributed by atoms with E-state index >= 15 is 0 Å². The highest BCUT2D eigenvalue weighted by Crippen LogP contribution is 2.23. The van der Waals surface area contributed by atoms with Crippen molar-refractivity contribution < 1.29 is 9.13 Å². The number of halogens is 1. The summed E-state index contributed by atoms with van der Waals surface area (Å²) in [7, 11) is 1.36. The molecule has 0 saturated heterocycles. The minimum absolute atomic E-state index is 0.0765. The second kappa shape index (κ2) is 4.25. The summed E-state index contributed by atoms with van der Waals surface area (Å²) in [5.74, 6) is -0.0320. The maximum absolute atomic E-state index is 13.2. The van der Waals surface area contributed by atoms with Gasteiger partial charge in [-0.05, 0) is 18.2 Å². The molecule has 0 amide bonds. The van der Waals surface area contributed by atoms with Gasteiger partial charge in [0, 0.05) is 11.6 Å². The average Bonchev–Trinajstić information content (AvgIpc) is 2.28. The predicted octanol–water partition coefficient (Wildman–Crippen LogP) is 1.17. The van der Waals surface area contributed by atoms with Gasteiger partial charge in [-0.1, -0.05) is 0 Å². The van der Waals surface area contributed by atoms with Crippen LogP contribution in [0.5, 0.6) is 5.75 Å². The summed E-state index contributed by atoms with van der Waals surface area (Å²) in [6.07, 6.45) is 0. The van der Waals surface area contributed by atoms with Crippen LogP contribution < -0.4 is 16.0 Å². The number of rotatable bonds is 2. The Balaban J connectivity index is 2.56. The van der Waals surface area contributed by atoms with Gasteiger partial charge >= 0.3 is 0 Å². The van der Waals surface area contributed by atoms with Crippen molar-refractivity contribution in [1.29, 1.82) is 0 Å². The number of nitrogen functional groups attached to an aromatic ring is 1. The van der Waals surface area contributed by atoms with Gasteiger partial charge in [-0.25, -0.2) is 9.37 Å². The highest BCUT2D eigenvalue weighted by molar-refractivity contribution is 5.58. The Morgan fingerprint density at radius 2 is 2.18 bits per heavy atom. The van der Waals surface area contributed by atoms with Gasteiger partial charge in [0.15, 0.2) is 11.6 Å². The fourth-order valence-electron chi connectivity index (χ4n) is 1.42. The van der Waals surface area contributed by atoms with Crippen molar-refractivity contribution in [2.45, 2.75) is 0 Å². The Morgan fingerprint density at radius 3 is 2.82 bits per heavy atom. The molecular formula is C11H10FN3O2. The fraction of sp³-hybridized carbons (Fsp3) is 0.0909. The van der Waals surface area contributed by atoms with Gasteiger partial charge < -0.3 is 15.5 Å². The number of nitrogens with two attached hydrogens (primary N) is 1. The van der Waals surface area contributed by atoms with Crippen LogP contribution in [0.25, 0.3) is 11.4 Å². The molecule has 17 heavy (non-hydrogen) atoms. The minimum atomic E-state index is -0.484. The Bertz CT molecular complexity index is 610. The molecule has 5 nitrogen and oxygen atoms in total. The molecule has 0 radical (unpaired) electrons. The van der Waals surface area contributed by atoms with E-state index < -0.39 is 5.82 Å². The van der Waals surface area contributed by atoms with E-state index in [9.17, 15) is 9.18 Å². The van der Waals surface area contributed by atoms with Gasteiger partial charge in [-0.15, -0.1) is 0 Å². The Hall–Kier alpha value is -2.37. The SMILES string of the molecule is COc1cc(-c2nc(N)cc(=O)[nH]2)ccc1F. The van der Waals surface area contributed by atoms with Gasteiger partial charge in [0.1, 0.15) is 11.6 Å². The Morgan fingerprint density at radius 1 is 1.41 bits per heavy atom. The largest absolute Gasteiger partial charge is 0.494 e. The summed E-state index contributed by atoms with van der Waals surface area (Å²) in [5, 5.41) is 0. The second-order valence-electron chi connectivity index (χ2n) is 3.37. The number of methoxy groups -OCH3 is 1. The van der Waals surface area contributed by atoms with Crippen molar-refractivity contribution >= 4 is 5.82 Å². The molecule has 1 aromatic carbocycles. The number of hydrogen-bond acceptors (Lipinski definition) is 4. The quantitative estimate of drug-likeness (QED) is 0.818. The lowest BCUT2D eigenvalue weighted by molar-refractivity contribution is 0.387. The molecule has 3 N–H and O–H groups in total. The van der Waals surface area contributed by atoms with Crippen LogP contribution in [0.4, 0.5) is 10.2 Å². The molecule has 0 bridgehead atoms. The van der Waals surface area contributed by atoms with Crippen molar-refractivity contribution in [3.8, 4) is 17.1 Å². The van der Waals surface area contributed by atoms with Crippen molar-refractivity contribution in [3.05, 3.63) is 40.4 Å². The normalized spacial score (nSPS) is 10.2. The van der Waals surface area contributed by atoms with Gasteiger partial charge in [0.2, 0.25) is 0 Å². The number of ether oxygens (including phenoxy) is 1. The summed E-state index contributed by atoms with van der Waals surface area (Å²) in [6, 6.07) is 5.32. The van der Waals surface area contributed by atoms with Gasteiger partial charge in [0.25, 0.3) is 5.56 Å². The first-order chi connectivity index (χ1) is 8.10. The lowest BCUT2D eigenvalue weighted by Gasteiger charge is -2.05. The van der Waals surface area contributed by atoms with E-state index in [2.05, 4.69) is 9.97 Å². The second-order valence-corrected chi connectivity index (χ2v) is 3.37. The van der Waals surface area contributed by atoms with E-state index in [-0.39, 0.29) is 23.0 Å². The maximum atomic E-state index is 13.2. The van der Waals surface area contributed by atoms with Crippen molar-refractivity contribution in [3.63, 3.8) is 0 Å². The first-order valence-electron chi connectivity index (χ1n) is 4.81. The molecular weight excluding hydrogens is 225 g/mol. The third-order valence-electron chi connectivity index (χ3n) is 2.19. The zero-order valence-electron chi connectivity index (χ0n) is 9.03. The smallest absolute Gasteiger partial charge is 0.253 e. The first kappa shape index (κ1) is 11.1. The lowest BCUT2D eigenvalue weighted by atomic mass is 10.2. The molecule has 0 aliphatic rings. The molecule has 6 heteroatoms. The first-order valence-corrected chi connectivity index (χ1v) is 4.81. The Kier molecular flexibility index (Phi) is 2.78. The summed E-state index contributed by atoms with van der Waals surface area (Å²) in [5.41, 5.74) is 5.62. The molecule has 88 valence electrons. The Labute approximate surface area is 96.1 Å². The van der Waals surface area contributed by atoms with Crippen molar-refractivity contribution in [1.82, 2.24) is 9.97 Å². The maximum Gasteiger partial charge on any atom is 0.253 e. The van der Waals surface area contributed by atoms with Crippen molar-refractivity contribution in [2.24, 2.45) is 0 Å². The zero-order valence-corrected chi connectivity index (χ0v) is 9.03. The number of hydrogen-bond donors (Lipinski definition) is 2. The topological polar surface area (TPSA) is 81.0 Å². The van der Waals surface area contributed by atoms with E-state index in [1.807, 2.05) is 0 Å². The van der Waals surface area contributed by atoms with E-state index in [1.54, 1.807) is 0 Å². The summed E-state index contributed by atoms with van der Waals surface area (Å²) in [4.78, 5) is 17.7. The van der Waals surface area contributed by atoms with Crippen LogP contribution in [0.1, 0.15) is 0 Å². The van der Waals surface area contributed by atoms with Crippen LogP contribution in [0.15, 0.2) is 29.1 Å². The monoisotopic (exact) mass is 235 g/mol. The number of nitrogens with one attached hydrogen (secondary N) is 1. The van der Waals surface area contributed by atoms with Crippen LogP contribution in [0, 0.1) is 5.82 Å². The van der Waals surface area contributed by atoms with Crippen LogP contribution in [0.3, 0.4) is 0 Å². The molecule has 0 atom stereocenters. The number of nitrogens with zero attached hydrogens (tertiary/aromatic N) is 1. The summed E-state index contributed by atoms with van der Waals surface area (Å²) in [6.45, 7) is 0. The number of aromatic amines is 1. The highest BCUT2D eigenvalue weighted by atomic mass is 19.1. The standard InChI is InChI=1S/C11H10FN3O2/c1-17-8-4-6(2-3-7(8)12)11-14-9(13)5-10(16)15-11/h2-5H,1H3,(H3,13,14,15,16). The molecule has 2 aromatic rings. The average molecular weight is 235 g/mol. The van der Waals surface area contributed by atoms with Crippen LogP contribution in [0.2, 0.25) is 0 Å². The van der Waals surface area contributed by atoms with E-state index in [0.717, 1.165) is 0 Å². The highest BCUT2D eigenvalue weighted by Gasteiger charge is 2.07. The van der Waals surface area contributed by atoms with Crippen LogP contribution in [-0.2, 0) is 0 Å². The summed E-state index contributed by atoms with van der Waals surface area (Å²) < 4.78 is 18.0. The zero-order chi connectivity index (χ0) is 12.4. The molecule has 0 unspecified atom stereocenters. The molecule has 0 spiro atoms. The third kappa shape index (κ3) is 2.25. The predicted molar refractivity (Wildman–Crippen MR) is 61.2 cm³/mol. The summed E-state index contributed by atoms with van der Waals surface area (Å²) >= 11 is 0. The van der Waals surface area contributed by atoms with Gasteiger partial charge in [0.05, 0.1) is 7.11 Å². The molecule has 0 aliphatic carbocycles. The molecule has 0 fully saturated rings. The minimum Gasteiger partial charge on any atom is -0.494 e. The van der Waals surface area contributed by atoms with E-state index in [4.69, 9.17) is 10.5 Å². The third-order valence-corrected chi connectivity index (χ3v) is 2.19. The molecule has 2 rings (SSSR count). The van der Waals surface area contributed by atoms with Gasteiger partial charge in [-0.2, -0.15) is 0 Å². The molecule has 0 saturated carbocycles. The number of anilines is 1. The number of aromatic nitrogens is 2. The van der Waals surface area contributed by atoms with Crippen LogP contribution >= 0.6 is 0 Å². The van der Waals surface area contributed by atoms with Crippen LogP contribution in [-0.4, -0.2) is 17.1 Å².